The van der Waals surface area contributed by atoms with Gasteiger partial charge in [0.1, 0.15) is 16.5 Å². The molecule has 7 nitrogen and oxygen atoms in total. The number of nitrogens with one attached hydrogen (secondary N) is 3. The minimum Gasteiger partial charge on any atom is -0.367 e. The molecule has 0 aromatic carbocycles. The van der Waals surface area contributed by atoms with Crippen LogP contribution in [0.2, 0.25) is 5.15 Å². The van der Waals surface area contributed by atoms with Gasteiger partial charge >= 0.3 is 6.18 Å². The topological polar surface area (TPSA) is 95.6 Å². The van der Waals surface area contributed by atoms with Crippen LogP contribution < -0.4 is 10.6 Å². The van der Waals surface area contributed by atoms with E-state index in [-0.39, 0.29) is 16.8 Å². The second kappa shape index (κ2) is 8.89. The molecule has 0 bridgehead atoms. The van der Waals surface area contributed by atoms with Crippen molar-refractivity contribution < 1.29 is 22.4 Å². The number of fused-ring (bicyclic) bond motifs is 1. The number of pyridine rings is 2. The number of carbonyl (C=O) groups excluding carboxylic acids is 1. The molecule has 0 aliphatic heterocycles. The maximum atomic E-state index is 13.2. The number of halogens is 5. The quantitative estimate of drug-likeness (QED) is 0.375. The lowest BCUT2D eigenvalue weighted by Crippen LogP contribution is -2.38. The summed E-state index contributed by atoms with van der Waals surface area (Å²) in [6, 6.07) is 1.87. The number of hydrogen-bond acceptors (Lipinski definition) is 5. The van der Waals surface area contributed by atoms with Gasteiger partial charge in [-0.2, -0.15) is 18.3 Å². The molecule has 4 rings (SSSR count). The molecule has 0 atom stereocenters. The van der Waals surface area contributed by atoms with Gasteiger partial charge in [0.05, 0.1) is 22.8 Å². The van der Waals surface area contributed by atoms with Crippen LogP contribution in [0.1, 0.15) is 41.6 Å². The average molecular weight is 471 g/mol. The highest BCUT2D eigenvalue weighted by Crippen LogP contribution is 2.31. The van der Waals surface area contributed by atoms with Crippen LogP contribution in [0.25, 0.3) is 11.0 Å². The van der Waals surface area contributed by atoms with Crippen molar-refractivity contribution in [2.75, 3.05) is 11.9 Å². The molecule has 3 aromatic heterocycles. The molecule has 170 valence electrons. The molecule has 0 saturated heterocycles. The fourth-order valence-electron chi connectivity index (χ4n) is 3.78. The first kappa shape index (κ1) is 22.3. The van der Waals surface area contributed by atoms with E-state index >= 15 is 0 Å². The first-order chi connectivity index (χ1) is 15.2. The predicted molar refractivity (Wildman–Crippen MR) is 110 cm³/mol. The summed E-state index contributed by atoms with van der Waals surface area (Å²) < 4.78 is 51.9. The summed E-state index contributed by atoms with van der Waals surface area (Å²) in [5.74, 6) is -0.261. The summed E-state index contributed by atoms with van der Waals surface area (Å²) in [6.07, 6.45) is 0.0730. The lowest BCUT2D eigenvalue weighted by atomic mass is 9.86. The Balaban J connectivity index is 1.30. The van der Waals surface area contributed by atoms with E-state index < -0.39 is 23.5 Å². The summed E-state index contributed by atoms with van der Waals surface area (Å²) in [4.78, 5) is 20.0. The standard InChI is InChI=1S/C20H19ClF4N6O/c21-17-14(5-11(8-27-17)20(23,24)25)19(32)29-13-3-1-10(2-4-13)7-28-18-16-15(30-31-18)6-12(22)9-26-16/h5-6,8-10,13H,1-4,7H2,(H,29,32)(H2,28,30,31)/t10-,13-. The van der Waals surface area contributed by atoms with Gasteiger partial charge in [-0.25, -0.2) is 14.4 Å². The fourth-order valence-corrected chi connectivity index (χ4v) is 3.97. The number of alkyl halides is 3. The zero-order chi connectivity index (χ0) is 22.9. The van der Waals surface area contributed by atoms with E-state index in [1.807, 2.05) is 0 Å². The molecular formula is C20H19ClF4N6O. The van der Waals surface area contributed by atoms with E-state index in [0.717, 1.165) is 19.0 Å². The van der Waals surface area contributed by atoms with Crippen molar-refractivity contribution in [2.24, 2.45) is 5.92 Å². The molecule has 12 heteroatoms. The molecule has 0 unspecified atom stereocenters. The Hall–Kier alpha value is -2.95. The maximum Gasteiger partial charge on any atom is 0.417 e. The van der Waals surface area contributed by atoms with Gasteiger partial charge in [-0.3, -0.25) is 9.89 Å². The van der Waals surface area contributed by atoms with Crippen molar-refractivity contribution >= 4 is 34.4 Å². The minimum atomic E-state index is -4.61. The van der Waals surface area contributed by atoms with Gasteiger partial charge in [-0.15, -0.1) is 0 Å². The highest BCUT2D eigenvalue weighted by molar-refractivity contribution is 6.32. The van der Waals surface area contributed by atoms with Crippen LogP contribution in [-0.4, -0.2) is 38.7 Å². The Kier molecular flexibility index (Phi) is 6.18. The number of nitrogens with zero attached hydrogens (tertiary/aromatic N) is 3. The SMILES string of the molecule is O=C(N[C@H]1CC[C@H](CNc2n[nH]c3cc(F)cnc23)CC1)c1cc(C(F)(F)F)cnc1Cl. The monoisotopic (exact) mass is 470 g/mol. The first-order valence-electron chi connectivity index (χ1n) is 9.98. The van der Waals surface area contributed by atoms with Gasteiger partial charge < -0.3 is 10.6 Å². The lowest BCUT2D eigenvalue weighted by molar-refractivity contribution is -0.137. The van der Waals surface area contributed by atoms with E-state index in [1.54, 1.807) is 0 Å². The number of H-pyrrole nitrogens is 1. The Morgan fingerprint density at radius 1 is 1.16 bits per heavy atom. The van der Waals surface area contributed by atoms with Crippen LogP contribution in [0.15, 0.2) is 24.5 Å². The number of hydrogen-bond donors (Lipinski definition) is 3. The molecular weight excluding hydrogens is 452 g/mol. The molecule has 1 saturated carbocycles. The Bertz CT molecular complexity index is 1130. The van der Waals surface area contributed by atoms with Gasteiger partial charge in [0, 0.05) is 24.8 Å². The first-order valence-corrected chi connectivity index (χ1v) is 10.4. The van der Waals surface area contributed by atoms with Gasteiger partial charge in [-0.1, -0.05) is 11.6 Å². The van der Waals surface area contributed by atoms with Crippen molar-refractivity contribution in [3.63, 3.8) is 0 Å². The summed E-state index contributed by atoms with van der Waals surface area (Å²) in [7, 11) is 0. The van der Waals surface area contributed by atoms with Crippen molar-refractivity contribution in [3.8, 4) is 0 Å². The third-order valence-corrected chi connectivity index (χ3v) is 5.82. The number of carbonyl (C=O) groups is 1. The second-order valence-corrected chi connectivity index (χ2v) is 8.11. The molecule has 0 radical (unpaired) electrons. The van der Waals surface area contributed by atoms with Gasteiger partial charge in [0.2, 0.25) is 0 Å². The molecule has 1 aliphatic rings. The molecule has 3 N–H and O–H groups in total. The number of amides is 1. The molecule has 0 spiro atoms. The molecule has 3 aromatic rings. The molecule has 3 heterocycles. The van der Waals surface area contributed by atoms with Crippen LogP contribution in [0, 0.1) is 11.7 Å². The fraction of sp³-hybridized carbons (Fsp3) is 0.400. The number of aromatic nitrogens is 4. The Morgan fingerprint density at radius 2 is 1.91 bits per heavy atom. The van der Waals surface area contributed by atoms with E-state index in [2.05, 4.69) is 30.8 Å². The van der Waals surface area contributed by atoms with Crippen molar-refractivity contribution in [3.05, 3.63) is 46.6 Å². The average Bonchev–Trinajstić information content (AvgIpc) is 3.14. The van der Waals surface area contributed by atoms with E-state index in [9.17, 15) is 22.4 Å². The minimum absolute atomic E-state index is 0.166. The highest BCUT2D eigenvalue weighted by Gasteiger charge is 2.33. The highest BCUT2D eigenvalue weighted by atomic mass is 35.5. The number of rotatable bonds is 5. The summed E-state index contributed by atoms with van der Waals surface area (Å²) in [6.45, 7) is 0.628. The third-order valence-electron chi connectivity index (χ3n) is 5.52. The zero-order valence-corrected chi connectivity index (χ0v) is 17.4. The molecule has 1 amide bonds. The van der Waals surface area contributed by atoms with Crippen LogP contribution in [-0.2, 0) is 6.18 Å². The normalized spacial score (nSPS) is 19.2. The van der Waals surface area contributed by atoms with E-state index in [1.165, 1.54) is 6.07 Å². The Morgan fingerprint density at radius 3 is 2.62 bits per heavy atom. The zero-order valence-electron chi connectivity index (χ0n) is 16.6. The predicted octanol–water partition coefficient (Wildman–Crippen LogP) is 4.56. The summed E-state index contributed by atoms with van der Waals surface area (Å²) >= 11 is 5.84. The maximum absolute atomic E-state index is 13.2. The van der Waals surface area contributed by atoms with Crippen molar-refractivity contribution in [1.82, 2.24) is 25.5 Å². The van der Waals surface area contributed by atoms with Crippen LogP contribution in [0.3, 0.4) is 0 Å². The summed E-state index contributed by atoms with van der Waals surface area (Å²) in [5.41, 5.74) is -0.259. The van der Waals surface area contributed by atoms with Crippen molar-refractivity contribution in [1.29, 1.82) is 0 Å². The number of anilines is 1. The second-order valence-electron chi connectivity index (χ2n) is 7.75. The molecule has 1 fully saturated rings. The number of aromatic amines is 1. The smallest absolute Gasteiger partial charge is 0.367 e. The largest absolute Gasteiger partial charge is 0.417 e. The van der Waals surface area contributed by atoms with E-state index in [0.29, 0.717) is 54.4 Å². The van der Waals surface area contributed by atoms with Crippen molar-refractivity contribution in [2.45, 2.75) is 37.9 Å². The van der Waals surface area contributed by atoms with Crippen LogP contribution in [0.4, 0.5) is 23.4 Å². The van der Waals surface area contributed by atoms with Crippen LogP contribution >= 0.6 is 11.6 Å². The van der Waals surface area contributed by atoms with Gasteiger partial charge in [0.15, 0.2) is 5.82 Å². The van der Waals surface area contributed by atoms with E-state index in [4.69, 9.17) is 11.6 Å². The summed E-state index contributed by atoms with van der Waals surface area (Å²) in [5, 5.41) is 12.6. The van der Waals surface area contributed by atoms with Gasteiger partial charge in [0.25, 0.3) is 5.91 Å². The van der Waals surface area contributed by atoms with Crippen LogP contribution in [0.5, 0.6) is 0 Å². The molecule has 1 aliphatic carbocycles. The Labute approximate surface area is 185 Å². The van der Waals surface area contributed by atoms with Gasteiger partial charge in [-0.05, 0) is 37.7 Å². The molecule has 32 heavy (non-hydrogen) atoms. The third kappa shape index (κ3) is 4.93. The lowest BCUT2D eigenvalue weighted by Gasteiger charge is -2.29.